The van der Waals surface area contributed by atoms with Crippen LogP contribution < -0.4 is 0 Å². The van der Waals surface area contributed by atoms with Crippen molar-refractivity contribution in [2.75, 3.05) is 12.3 Å². The van der Waals surface area contributed by atoms with E-state index < -0.39 is 0 Å². The number of rotatable bonds is 4. The molecular formula is C9H24P2. The summed E-state index contributed by atoms with van der Waals surface area (Å²) in [6, 6.07) is 0. The molecule has 0 spiro atoms. The minimum Gasteiger partial charge on any atom is -0.153 e. The highest BCUT2D eigenvalue weighted by molar-refractivity contribution is 7.59. The number of hydrogen-bond acceptors (Lipinski definition) is 0. The Morgan fingerprint density at radius 3 is 1.45 bits per heavy atom. The fourth-order valence-corrected chi connectivity index (χ4v) is 3.91. The normalized spacial score (nSPS) is 11.5. The molecule has 0 saturated carbocycles. The Balaban J connectivity index is 0. The predicted octanol–water partition coefficient (Wildman–Crippen LogP) is 3.75. The lowest BCUT2D eigenvalue weighted by atomic mass is 10.1. The molecule has 1 unspecified atom stereocenters. The van der Waals surface area contributed by atoms with Gasteiger partial charge in [0.25, 0.3) is 0 Å². The van der Waals surface area contributed by atoms with Crippen LogP contribution in [0.15, 0.2) is 0 Å². The van der Waals surface area contributed by atoms with Crippen molar-refractivity contribution in [2.24, 2.45) is 0 Å². The first kappa shape index (κ1) is 14.4. The van der Waals surface area contributed by atoms with Crippen molar-refractivity contribution in [1.82, 2.24) is 0 Å². The molecule has 0 aromatic rings. The summed E-state index contributed by atoms with van der Waals surface area (Å²) >= 11 is 0. The Morgan fingerprint density at radius 2 is 1.36 bits per heavy atom. The van der Waals surface area contributed by atoms with Crippen molar-refractivity contribution < 1.29 is 0 Å². The molecule has 0 aliphatic carbocycles. The highest BCUT2D eigenvalue weighted by atomic mass is 31.1. The fourth-order valence-electron chi connectivity index (χ4n) is 1.30. The van der Waals surface area contributed by atoms with Gasteiger partial charge in [0.2, 0.25) is 0 Å². The summed E-state index contributed by atoms with van der Waals surface area (Å²) in [5.41, 5.74) is 0. The molecule has 2 heteroatoms. The molecule has 0 rings (SSSR count). The summed E-state index contributed by atoms with van der Waals surface area (Å²) in [5, 5.41) is 0.624. The molecule has 0 fully saturated rings. The monoisotopic (exact) mass is 194 g/mol. The van der Waals surface area contributed by atoms with Gasteiger partial charge < -0.3 is 0 Å². The van der Waals surface area contributed by atoms with Crippen LogP contribution in [0.5, 0.6) is 0 Å². The summed E-state index contributed by atoms with van der Waals surface area (Å²) in [6.07, 6.45) is 4.12. The molecule has 0 N–H and O–H groups in total. The third kappa shape index (κ3) is 4.44. The Bertz CT molecular complexity index is 85.6. The van der Waals surface area contributed by atoms with Crippen LogP contribution in [-0.2, 0) is 0 Å². The van der Waals surface area contributed by atoms with E-state index in [0.717, 1.165) is 0 Å². The Kier molecular flexibility index (Phi) is 8.35. The Morgan fingerprint density at radius 1 is 1.00 bits per heavy atom. The molecule has 0 amide bonds. The molecule has 0 heterocycles. The second-order valence-corrected chi connectivity index (χ2v) is 6.89. The summed E-state index contributed by atoms with van der Waals surface area (Å²) in [6.45, 7) is 11.8. The van der Waals surface area contributed by atoms with Gasteiger partial charge in [0, 0.05) is 0 Å². The largest absolute Gasteiger partial charge is 0.153 e. The fraction of sp³-hybridized carbons (Fsp3) is 1.00. The van der Waals surface area contributed by atoms with Gasteiger partial charge in [-0.1, -0.05) is 34.6 Å². The van der Waals surface area contributed by atoms with E-state index in [1.54, 1.807) is 0 Å². The molecule has 11 heavy (non-hydrogen) atoms. The highest BCUT2D eigenvalue weighted by Gasteiger charge is 2.23. The lowest BCUT2D eigenvalue weighted by Crippen LogP contribution is -2.17. The molecule has 0 saturated heterocycles. The third-order valence-electron chi connectivity index (χ3n) is 2.48. The van der Waals surface area contributed by atoms with Gasteiger partial charge >= 0.3 is 0 Å². The summed E-state index contributed by atoms with van der Waals surface area (Å²) in [5.74, 6) is 0. The maximum absolute atomic E-state index is 2.41. The quantitative estimate of drug-likeness (QED) is 0.598. The van der Waals surface area contributed by atoms with Crippen LogP contribution in [0.1, 0.15) is 41.0 Å². The average Bonchev–Trinajstić information content (AvgIpc) is 1.90. The van der Waals surface area contributed by atoms with E-state index in [4.69, 9.17) is 0 Å². The van der Waals surface area contributed by atoms with Gasteiger partial charge in [0.1, 0.15) is 0 Å². The van der Waals surface area contributed by atoms with Crippen molar-refractivity contribution in [3.63, 3.8) is 0 Å². The van der Waals surface area contributed by atoms with Crippen LogP contribution >= 0.6 is 17.8 Å². The molecule has 1 atom stereocenters. The van der Waals surface area contributed by atoms with Gasteiger partial charge in [-0.25, -0.2) is 0 Å². The minimum absolute atomic E-state index is 0. The van der Waals surface area contributed by atoms with Crippen LogP contribution in [0.25, 0.3) is 0 Å². The van der Waals surface area contributed by atoms with Crippen molar-refractivity contribution in [2.45, 2.75) is 46.2 Å². The molecule has 0 aromatic carbocycles. The zero-order valence-electron chi connectivity index (χ0n) is 8.78. The van der Waals surface area contributed by atoms with Crippen LogP contribution in [0.3, 0.4) is 0 Å². The van der Waals surface area contributed by atoms with Gasteiger partial charge in [-0.2, -0.15) is 9.90 Å². The maximum atomic E-state index is 2.41. The second kappa shape index (κ2) is 6.38. The second-order valence-electron chi connectivity index (χ2n) is 3.34. The van der Waals surface area contributed by atoms with Crippen LogP contribution in [-0.4, -0.2) is 17.5 Å². The Hall–Kier alpha value is 0.860. The Labute approximate surface area is 76.9 Å². The van der Waals surface area contributed by atoms with Crippen molar-refractivity contribution in [1.29, 1.82) is 0 Å². The first-order valence-electron chi connectivity index (χ1n) is 4.33. The van der Waals surface area contributed by atoms with Crippen LogP contribution in [0, 0.1) is 0 Å². The van der Waals surface area contributed by atoms with Gasteiger partial charge in [0.05, 0.1) is 0 Å². The lowest BCUT2D eigenvalue weighted by molar-refractivity contribution is 0.668. The molecule has 0 aliphatic rings. The van der Waals surface area contributed by atoms with E-state index >= 15 is 0 Å². The van der Waals surface area contributed by atoms with Gasteiger partial charge in [-0.05, 0) is 23.9 Å². The summed E-state index contributed by atoms with van der Waals surface area (Å²) in [4.78, 5) is 0. The van der Waals surface area contributed by atoms with Gasteiger partial charge in [0.15, 0.2) is 0 Å². The van der Waals surface area contributed by atoms with E-state index in [2.05, 4.69) is 34.6 Å². The standard InChI is InChI=1S/C9H21P.H3P/c1-6-9(4,5)10(7-2)8-3;/h6-8H2,1-5H3;1H3. The molecular weight excluding hydrogens is 170 g/mol. The average molecular weight is 194 g/mol. The first-order valence-corrected chi connectivity index (χ1v) is 6.04. The smallest absolute Gasteiger partial charge is 0.0154 e. The van der Waals surface area contributed by atoms with Crippen molar-refractivity contribution in [3.05, 3.63) is 0 Å². The van der Waals surface area contributed by atoms with Crippen LogP contribution in [0.2, 0.25) is 0 Å². The van der Waals surface area contributed by atoms with Crippen LogP contribution in [0.4, 0.5) is 0 Å². The topological polar surface area (TPSA) is 0 Å². The van der Waals surface area contributed by atoms with E-state index in [-0.39, 0.29) is 9.90 Å². The van der Waals surface area contributed by atoms with E-state index in [9.17, 15) is 0 Å². The van der Waals surface area contributed by atoms with Gasteiger partial charge in [-0.3, -0.25) is 0 Å². The molecule has 0 aromatic heterocycles. The van der Waals surface area contributed by atoms with Crippen molar-refractivity contribution in [3.8, 4) is 0 Å². The highest BCUT2D eigenvalue weighted by Crippen LogP contribution is 2.50. The third-order valence-corrected chi connectivity index (χ3v) is 6.04. The zero-order valence-corrected chi connectivity index (χ0v) is 11.1. The first-order chi connectivity index (χ1) is 4.58. The predicted molar refractivity (Wildman–Crippen MR) is 63.5 cm³/mol. The summed E-state index contributed by atoms with van der Waals surface area (Å²) < 4.78 is 0. The zero-order chi connectivity index (χ0) is 8.20. The number of hydrogen-bond donors (Lipinski definition) is 0. The summed E-state index contributed by atoms with van der Waals surface area (Å²) in [7, 11) is 0.300. The molecule has 70 valence electrons. The maximum Gasteiger partial charge on any atom is -0.0154 e. The molecule has 0 bridgehead atoms. The van der Waals surface area contributed by atoms with E-state index in [0.29, 0.717) is 13.1 Å². The SMILES string of the molecule is CCP(CC)C(C)(C)CC.P. The molecule has 0 nitrogen and oxygen atoms in total. The molecule has 0 aliphatic heterocycles. The lowest BCUT2D eigenvalue weighted by Gasteiger charge is -2.32. The minimum atomic E-state index is 0. The van der Waals surface area contributed by atoms with E-state index in [1.807, 2.05) is 0 Å². The van der Waals surface area contributed by atoms with Gasteiger partial charge in [-0.15, -0.1) is 7.92 Å². The molecule has 0 radical (unpaired) electrons. The van der Waals surface area contributed by atoms with E-state index in [1.165, 1.54) is 18.7 Å². The van der Waals surface area contributed by atoms with Crippen molar-refractivity contribution >= 4 is 17.8 Å².